The number of amides is 5. The van der Waals surface area contributed by atoms with Gasteiger partial charge in [-0.05, 0) is 72.4 Å². The number of benzene rings is 3. The number of nitrogens with zero attached hydrogens (tertiary/aromatic N) is 2. The van der Waals surface area contributed by atoms with Gasteiger partial charge in [-0.2, -0.15) is 0 Å². The van der Waals surface area contributed by atoms with Crippen LogP contribution in [-0.2, 0) is 41.3 Å². The van der Waals surface area contributed by atoms with E-state index in [2.05, 4.69) is 64.3 Å². The van der Waals surface area contributed by atoms with Gasteiger partial charge in [0.2, 0.25) is 6.23 Å². The van der Waals surface area contributed by atoms with Gasteiger partial charge in [-0.1, -0.05) is 129 Å². The molecule has 1 aliphatic heterocycles. The number of carbonyl (C=O) groups is 5. The third kappa shape index (κ3) is 9.70. The second kappa shape index (κ2) is 17.8. The first-order chi connectivity index (χ1) is 26.7. The average Bonchev–Trinajstić information content (AvgIpc) is 3.40. The van der Waals surface area contributed by atoms with Crippen LogP contribution in [0.15, 0.2) is 72.8 Å². The zero-order valence-electron chi connectivity index (χ0n) is 35.2. The highest BCUT2D eigenvalue weighted by atomic mass is 35.5. The molecular weight excluding hydrogens is 744 g/mol. The van der Waals surface area contributed by atoms with E-state index in [9.17, 15) is 24.0 Å². The number of ether oxygens (including phenoxy) is 2. The predicted molar refractivity (Wildman–Crippen MR) is 224 cm³/mol. The summed E-state index contributed by atoms with van der Waals surface area (Å²) in [5.74, 6) is -2.70. The van der Waals surface area contributed by atoms with Crippen molar-refractivity contribution in [2.75, 3.05) is 17.2 Å². The van der Waals surface area contributed by atoms with Gasteiger partial charge in [-0.3, -0.25) is 24.1 Å². The van der Waals surface area contributed by atoms with E-state index in [0.29, 0.717) is 28.3 Å². The summed E-state index contributed by atoms with van der Waals surface area (Å²) in [6.45, 7) is 21.2. The first-order valence-electron chi connectivity index (χ1n) is 19.7. The Balaban J connectivity index is 1.62. The molecule has 4 rings (SSSR count). The van der Waals surface area contributed by atoms with Gasteiger partial charge >= 0.3 is 6.03 Å². The van der Waals surface area contributed by atoms with Gasteiger partial charge in [-0.25, -0.2) is 9.69 Å². The minimum absolute atomic E-state index is 0.0314. The summed E-state index contributed by atoms with van der Waals surface area (Å²) in [6, 6.07) is 20.5. The van der Waals surface area contributed by atoms with Crippen molar-refractivity contribution in [1.82, 2.24) is 9.80 Å². The van der Waals surface area contributed by atoms with Crippen LogP contribution in [0.2, 0.25) is 0 Å². The monoisotopic (exact) mass is 802 g/mol. The largest absolute Gasteiger partial charge is 0.480 e. The molecule has 308 valence electrons. The summed E-state index contributed by atoms with van der Waals surface area (Å²) in [7, 11) is 0. The summed E-state index contributed by atoms with van der Waals surface area (Å²) in [6.07, 6.45) is -0.0522. The van der Waals surface area contributed by atoms with Crippen LogP contribution in [0.4, 0.5) is 16.2 Å². The quantitative estimate of drug-likeness (QED) is 0.0602. The average molecular weight is 803 g/mol. The van der Waals surface area contributed by atoms with E-state index in [1.54, 1.807) is 64.1 Å². The van der Waals surface area contributed by atoms with Gasteiger partial charge < -0.3 is 20.1 Å². The van der Waals surface area contributed by atoms with E-state index >= 15 is 0 Å². The van der Waals surface area contributed by atoms with Crippen LogP contribution in [-0.4, -0.2) is 63.3 Å². The number of ketones is 1. The normalized spacial score (nSPS) is 16.6. The number of anilines is 2. The number of nitrogens with one attached hydrogen (secondary N) is 2. The Bertz CT molecular complexity index is 1960. The second-order valence-corrected chi connectivity index (χ2v) is 17.4. The van der Waals surface area contributed by atoms with Crippen LogP contribution in [0.5, 0.6) is 5.75 Å². The lowest BCUT2D eigenvalue weighted by Crippen LogP contribution is -2.63. The van der Waals surface area contributed by atoms with Gasteiger partial charge in [0.1, 0.15) is 5.75 Å². The number of urea groups is 1. The molecule has 0 aromatic heterocycles. The predicted octanol–water partition coefficient (Wildman–Crippen LogP) is 9.17. The third-order valence-electron chi connectivity index (χ3n) is 10.8. The highest BCUT2D eigenvalue weighted by molar-refractivity contribution is 6.50. The molecule has 3 unspecified atom stereocenters. The number of halogens is 1. The molecule has 0 aliphatic carbocycles. The van der Waals surface area contributed by atoms with Gasteiger partial charge in [0.05, 0.1) is 6.54 Å². The Morgan fingerprint density at radius 2 is 1.40 bits per heavy atom. The molecule has 11 nitrogen and oxygen atoms in total. The van der Waals surface area contributed by atoms with Crippen molar-refractivity contribution in [3.8, 4) is 5.75 Å². The lowest BCUT2D eigenvalue weighted by Gasteiger charge is -2.36. The first-order valence-corrected chi connectivity index (χ1v) is 20.1. The summed E-state index contributed by atoms with van der Waals surface area (Å²) in [4.78, 5) is 69.1. The fourth-order valence-corrected chi connectivity index (χ4v) is 6.95. The van der Waals surface area contributed by atoms with Crippen molar-refractivity contribution in [2.45, 2.75) is 130 Å². The van der Waals surface area contributed by atoms with Gasteiger partial charge in [-0.15, -0.1) is 0 Å². The fourth-order valence-electron chi connectivity index (χ4n) is 6.47. The number of hydrogen-bond acceptors (Lipinski definition) is 7. The summed E-state index contributed by atoms with van der Waals surface area (Å²) in [5.41, 5.74) is 1.90. The molecule has 1 aliphatic rings. The smallest absolute Gasteiger partial charge is 0.331 e. The molecule has 12 heteroatoms. The molecule has 5 amide bonds. The van der Waals surface area contributed by atoms with Gasteiger partial charge in [0.15, 0.2) is 11.9 Å². The molecule has 1 fully saturated rings. The molecule has 1 saturated heterocycles. The molecule has 3 aromatic carbocycles. The number of carbonyl (C=O) groups excluding carboxylic acids is 5. The first kappa shape index (κ1) is 45.0. The summed E-state index contributed by atoms with van der Waals surface area (Å²) < 4.78 is 12.1. The number of alkyl halides is 1. The molecule has 0 saturated carbocycles. The van der Waals surface area contributed by atoms with Crippen LogP contribution in [0, 0.1) is 5.41 Å². The van der Waals surface area contributed by atoms with E-state index in [1.165, 1.54) is 17.7 Å². The van der Waals surface area contributed by atoms with E-state index in [4.69, 9.17) is 21.1 Å². The Morgan fingerprint density at radius 1 is 0.789 bits per heavy atom. The van der Waals surface area contributed by atoms with Crippen LogP contribution < -0.4 is 15.4 Å². The Hall–Kier alpha value is -4.74. The maximum atomic E-state index is 14.3. The number of hydrogen-bond donors (Lipinski definition) is 2. The van der Waals surface area contributed by atoms with Crippen molar-refractivity contribution in [1.29, 1.82) is 0 Å². The van der Waals surface area contributed by atoms with Crippen LogP contribution in [0.25, 0.3) is 0 Å². The van der Waals surface area contributed by atoms with E-state index < -0.39 is 52.3 Å². The van der Waals surface area contributed by atoms with Gasteiger partial charge in [0.25, 0.3) is 22.7 Å². The van der Waals surface area contributed by atoms with E-state index in [-0.39, 0.29) is 29.7 Å². The zero-order chi connectivity index (χ0) is 42.5. The topological polar surface area (TPSA) is 134 Å². The van der Waals surface area contributed by atoms with Gasteiger partial charge in [0, 0.05) is 29.0 Å². The molecule has 3 aromatic rings. The van der Waals surface area contributed by atoms with Crippen molar-refractivity contribution in [2.24, 2.45) is 5.41 Å². The highest BCUT2D eigenvalue weighted by Crippen LogP contribution is 2.40. The third-order valence-corrected chi connectivity index (χ3v) is 11.4. The number of rotatable bonds is 17. The van der Waals surface area contributed by atoms with Crippen molar-refractivity contribution >= 4 is 52.5 Å². The van der Waals surface area contributed by atoms with Crippen molar-refractivity contribution in [3.63, 3.8) is 0 Å². The van der Waals surface area contributed by atoms with Crippen molar-refractivity contribution < 1.29 is 33.4 Å². The SMILES string of the molecule is CCOC1C(=O)N(C(Cl)(C(=O)Nc2cccc(NC(=O)C(CC)Oc3ccc(C(C)(C)CC)cc3C(C)(C)CC)c2)C(=O)C(C)(C)C)C(=O)N1Cc1ccccc1. The Kier molecular flexibility index (Phi) is 14.1. The molecule has 1 heterocycles. The molecule has 57 heavy (non-hydrogen) atoms. The number of Topliss-reactive ketones (excluding diaryl/α,β-unsaturated/α-hetero) is 1. The molecule has 0 radical (unpaired) electrons. The molecule has 3 atom stereocenters. The molecular formula is C45H59ClN4O7. The van der Waals surface area contributed by atoms with Crippen molar-refractivity contribution in [3.05, 3.63) is 89.5 Å². The van der Waals surface area contributed by atoms with Crippen LogP contribution in [0.1, 0.15) is 112 Å². The zero-order valence-corrected chi connectivity index (χ0v) is 36.0. The molecule has 2 N–H and O–H groups in total. The Labute approximate surface area is 342 Å². The number of imide groups is 1. The molecule has 0 bridgehead atoms. The van der Waals surface area contributed by atoms with Crippen LogP contribution in [0.3, 0.4) is 0 Å². The minimum Gasteiger partial charge on any atom is -0.480 e. The maximum Gasteiger partial charge on any atom is 0.331 e. The van der Waals surface area contributed by atoms with E-state index in [1.807, 2.05) is 19.1 Å². The molecule has 0 spiro atoms. The highest BCUT2D eigenvalue weighted by Gasteiger charge is 2.63. The van der Waals surface area contributed by atoms with E-state index in [0.717, 1.165) is 23.3 Å². The Morgan fingerprint density at radius 3 is 1.96 bits per heavy atom. The van der Waals surface area contributed by atoms with Crippen LogP contribution >= 0.6 is 11.6 Å². The maximum absolute atomic E-state index is 14.3. The lowest BCUT2D eigenvalue weighted by molar-refractivity contribution is -0.151. The standard InChI is InChI=1S/C45H59ClN4O7/c1-12-34(57-35-25-24-30(43(8,9)13-2)26-33(35)44(10,11)14-3)36(51)47-31-22-19-23-32(27-31)48-40(54)45(46,39(53)42(5,6)7)50-37(52)38(56-15-4)49(41(50)55)28-29-20-17-16-18-21-29/h16-27,34,38H,12-15,28H2,1-11H3,(H,47,51)(H,48,54). The summed E-state index contributed by atoms with van der Waals surface area (Å²) in [5, 5.41) is 5.53. The minimum atomic E-state index is -2.79. The summed E-state index contributed by atoms with van der Waals surface area (Å²) >= 11 is 7.02. The fraction of sp³-hybridized carbons (Fsp3) is 0.489. The second-order valence-electron chi connectivity index (χ2n) is 16.8. The lowest BCUT2D eigenvalue weighted by atomic mass is 9.76.